The highest BCUT2D eigenvalue weighted by Crippen LogP contribution is 2.26. The summed E-state index contributed by atoms with van der Waals surface area (Å²) in [7, 11) is 3.52. The highest BCUT2D eigenvalue weighted by Gasteiger charge is 2.30. The highest BCUT2D eigenvalue weighted by atomic mass is 16.2. The number of rotatable bonds is 5. The van der Waals surface area contributed by atoms with Gasteiger partial charge in [0.2, 0.25) is 5.91 Å². The molecule has 1 unspecified atom stereocenters. The quantitative estimate of drug-likeness (QED) is 0.578. The van der Waals surface area contributed by atoms with Gasteiger partial charge in [0.05, 0.1) is 0 Å². The summed E-state index contributed by atoms with van der Waals surface area (Å²) in [6, 6.07) is 1.23. The van der Waals surface area contributed by atoms with Crippen LogP contribution in [0, 0.1) is 0 Å². The van der Waals surface area contributed by atoms with Crippen LogP contribution in [0.5, 0.6) is 0 Å². The van der Waals surface area contributed by atoms with Gasteiger partial charge in [0, 0.05) is 45.8 Å². The number of likely N-dealkylation sites (tertiary alicyclic amines) is 1. The molecule has 2 N–H and O–H groups in total. The third-order valence-electron chi connectivity index (χ3n) is 4.62. The molecule has 1 saturated heterocycles. The molecule has 2 rings (SSSR count). The molecule has 22 heavy (non-hydrogen) atoms. The van der Waals surface area contributed by atoms with Gasteiger partial charge in [0.1, 0.15) is 6.54 Å². The Balaban J connectivity index is 1.83. The van der Waals surface area contributed by atoms with Gasteiger partial charge < -0.3 is 15.5 Å². The van der Waals surface area contributed by atoms with Crippen molar-refractivity contribution in [3.63, 3.8) is 0 Å². The van der Waals surface area contributed by atoms with Crippen molar-refractivity contribution in [3.05, 3.63) is 0 Å². The summed E-state index contributed by atoms with van der Waals surface area (Å²) >= 11 is 0. The third-order valence-corrected chi connectivity index (χ3v) is 4.62. The molecule has 1 saturated carbocycles. The van der Waals surface area contributed by atoms with E-state index in [9.17, 15) is 4.79 Å². The van der Waals surface area contributed by atoms with Gasteiger partial charge in [-0.25, -0.2) is 4.99 Å². The number of likely N-dealkylation sites (N-methyl/N-ethyl adjacent to an activating group) is 1. The number of carbonyl (C=O) groups is 1. The Morgan fingerprint density at radius 1 is 1.27 bits per heavy atom. The number of nitrogens with one attached hydrogen (secondary N) is 2. The third kappa shape index (κ3) is 4.87. The standard InChI is InChI=1S/C16H31N5O/c1-4-17-16(18-11-15(22)20(2)3)19-13-9-10-21(12-13)14-7-5-6-8-14/h13-14H,4-12H2,1-3H3,(H2,17,18,19). The van der Waals surface area contributed by atoms with Gasteiger partial charge in [-0.05, 0) is 26.2 Å². The van der Waals surface area contributed by atoms with Crippen molar-refractivity contribution in [1.29, 1.82) is 0 Å². The second kappa shape index (κ2) is 8.36. The summed E-state index contributed by atoms with van der Waals surface area (Å²) in [6.45, 7) is 5.32. The number of guanidine groups is 1. The summed E-state index contributed by atoms with van der Waals surface area (Å²) in [4.78, 5) is 20.3. The lowest BCUT2D eigenvalue weighted by Crippen LogP contribution is -2.45. The van der Waals surface area contributed by atoms with Gasteiger partial charge in [0.25, 0.3) is 0 Å². The predicted molar refractivity (Wildman–Crippen MR) is 90.0 cm³/mol. The zero-order chi connectivity index (χ0) is 15.9. The number of hydrogen-bond donors (Lipinski definition) is 2. The molecule has 0 aromatic carbocycles. The maximum Gasteiger partial charge on any atom is 0.243 e. The van der Waals surface area contributed by atoms with E-state index in [-0.39, 0.29) is 12.5 Å². The smallest absolute Gasteiger partial charge is 0.243 e. The van der Waals surface area contributed by atoms with Crippen LogP contribution in [-0.2, 0) is 4.79 Å². The van der Waals surface area contributed by atoms with Crippen molar-refractivity contribution < 1.29 is 4.79 Å². The molecule has 2 aliphatic rings. The van der Waals surface area contributed by atoms with Gasteiger partial charge in [0.15, 0.2) is 5.96 Å². The van der Waals surface area contributed by atoms with E-state index in [1.54, 1.807) is 19.0 Å². The second-order valence-corrected chi connectivity index (χ2v) is 6.55. The average molecular weight is 309 g/mol. The molecular weight excluding hydrogens is 278 g/mol. The Bertz CT molecular complexity index is 390. The zero-order valence-corrected chi connectivity index (χ0v) is 14.3. The highest BCUT2D eigenvalue weighted by molar-refractivity contribution is 5.84. The van der Waals surface area contributed by atoms with E-state index in [1.165, 1.54) is 32.2 Å². The fourth-order valence-corrected chi connectivity index (χ4v) is 3.31. The lowest BCUT2D eigenvalue weighted by Gasteiger charge is -2.24. The Morgan fingerprint density at radius 2 is 2.00 bits per heavy atom. The van der Waals surface area contributed by atoms with E-state index >= 15 is 0 Å². The minimum Gasteiger partial charge on any atom is -0.357 e. The molecule has 0 aromatic rings. The first-order chi connectivity index (χ1) is 10.6. The maximum atomic E-state index is 11.7. The molecule has 0 aromatic heterocycles. The van der Waals surface area contributed by atoms with Gasteiger partial charge >= 0.3 is 0 Å². The van der Waals surface area contributed by atoms with Crippen LogP contribution < -0.4 is 10.6 Å². The molecule has 1 atom stereocenters. The zero-order valence-electron chi connectivity index (χ0n) is 14.3. The molecule has 6 nitrogen and oxygen atoms in total. The van der Waals surface area contributed by atoms with E-state index in [1.807, 2.05) is 6.92 Å². The molecule has 0 bridgehead atoms. The van der Waals surface area contributed by atoms with E-state index in [0.717, 1.165) is 31.5 Å². The SMILES string of the molecule is CCNC(=NCC(=O)N(C)C)NC1CCN(C2CCCC2)C1. The van der Waals surface area contributed by atoms with Crippen molar-refractivity contribution in [2.45, 2.75) is 51.1 Å². The number of carbonyl (C=O) groups excluding carboxylic acids is 1. The topological polar surface area (TPSA) is 60.0 Å². The van der Waals surface area contributed by atoms with Crippen molar-refractivity contribution in [2.75, 3.05) is 40.3 Å². The van der Waals surface area contributed by atoms with Crippen LogP contribution in [0.25, 0.3) is 0 Å². The summed E-state index contributed by atoms with van der Waals surface area (Å²) in [5, 5.41) is 6.73. The number of aliphatic imine (C=N–C) groups is 1. The lowest BCUT2D eigenvalue weighted by molar-refractivity contribution is -0.127. The molecule has 1 aliphatic heterocycles. The van der Waals surface area contributed by atoms with Crippen LogP contribution in [0.2, 0.25) is 0 Å². The fourth-order valence-electron chi connectivity index (χ4n) is 3.31. The Labute approximate surface area is 134 Å². The lowest BCUT2D eigenvalue weighted by atomic mass is 10.2. The Hall–Kier alpha value is -1.30. The predicted octanol–water partition coefficient (Wildman–Crippen LogP) is 0.647. The normalized spacial score (nSPS) is 23.8. The maximum absolute atomic E-state index is 11.7. The van der Waals surface area contributed by atoms with Crippen LogP contribution in [0.1, 0.15) is 39.0 Å². The largest absolute Gasteiger partial charge is 0.357 e. The van der Waals surface area contributed by atoms with Gasteiger partial charge in [-0.15, -0.1) is 0 Å². The molecule has 1 aliphatic carbocycles. The minimum absolute atomic E-state index is 0.0243. The molecule has 6 heteroatoms. The van der Waals surface area contributed by atoms with Crippen molar-refractivity contribution >= 4 is 11.9 Å². The number of amides is 1. The monoisotopic (exact) mass is 309 g/mol. The van der Waals surface area contributed by atoms with Gasteiger partial charge in [-0.2, -0.15) is 0 Å². The van der Waals surface area contributed by atoms with Crippen molar-refractivity contribution in [1.82, 2.24) is 20.4 Å². The molecule has 2 fully saturated rings. The Kier molecular flexibility index (Phi) is 6.49. The van der Waals surface area contributed by atoms with Crippen molar-refractivity contribution in [2.24, 2.45) is 4.99 Å². The summed E-state index contributed by atoms with van der Waals surface area (Å²) in [5.41, 5.74) is 0. The summed E-state index contributed by atoms with van der Waals surface area (Å²) in [6.07, 6.45) is 6.64. The van der Waals surface area contributed by atoms with Gasteiger partial charge in [-0.1, -0.05) is 12.8 Å². The van der Waals surface area contributed by atoms with Crippen LogP contribution in [0.15, 0.2) is 4.99 Å². The molecular formula is C16H31N5O. The average Bonchev–Trinajstić information content (AvgIpc) is 3.15. The van der Waals surface area contributed by atoms with E-state index in [0.29, 0.717) is 6.04 Å². The fraction of sp³-hybridized carbons (Fsp3) is 0.875. The first-order valence-electron chi connectivity index (χ1n) is 8.59. The first-order valence-corrected chi connectivity index (χ1v) is 8.59. The first kappa shape index (κ1) is 17.1. The van der Waals surface area contributed by atoms with Crippen LogP contribution >= 0.6 is 0 Å². The Morgan fingerprint density at radius 3 is 2.64 bits per heavy atom. The molecule has 1 amide bonds. The van der Waals surface area contributed by atoms with Crippen LogP contribution in [0.3, 0.4) is 0 Å². The second-order valence-electron chi connectivity index (χ2n) is 6.55. The van der Waals surface area contributed by atoms with E-state index in [4.69, 9.17) is 0 Å². The van der Waals surface area contributed by atoms with E-state index in [2.05, 4.69) is 20.5 Å². The number of hydrogen-bond acceptors (Lipinski definition) is 3. The number of nitrogens with zero attached hydrogens (tertiary/aromatic N) is 3. The van der Waals surface area contributed by atoms with Crippen LogP contribution in [0.4, 0.5) is 0 Å². The molecule has 0 radical (unpaired) electrons. The summed E-state index contributed by atoms with van der Waals surface area (Å²) < 4.78 is 0. The van der Waals surface area contributed by atoms with Crippen LogP contribution in [-0.4, -0.2) is 74.0 Å². The molecule has 0 spiro atoms. The summed E-state index contributed by atoms with van der Waals surface area (Å²) in [5.74, 6) is 0.784. The van der Waals surface area contributed by atoms with Gasteiger partial charge in [-0.3, -0.25) is 9.69 Å². The molecule has 126 valence electrons. The molecule has 1 heterocycles. The minimum atomic E-state index is 0.0243. The van der Waals surface area contributed by atoms with E-state index < -0.39 is 0 Å². The van der Waals surface area contributed by atoms with Crippen molar-refractivity contribution in [3.8, 4) is 0 Å².